The lowest BCUT2D eigenvalue weighted by Crippen LogP contribution is -2.38. The largest absolute Gasteiger partial charge is 0.480 e. The lowest BCUT2D eigenvalue weighted by atomic mass is 10.3. The van der Waals surface area contributed by atoms with Crippen molar-refractivity contribution in [3.05, 3.63) is 22.4 Å². The summed E-state index contributed by atoms with van der Waals surface area (Å²) in [6.07, 6.45) is 0. The molecular formula is C9H13NO4S2. The third-order valence-electron chi connectivity index (χ3n) is 2.12. The Morgan fingerprint density at radius 1 is 1.50 bits per heavy atom. The van der Waals surface area contributed by atoms with Crippen molar-refractivity contribution in [2.45, 2.75) is 25.1 Å². The Morgan fingerprint density at radius 2 is 2.12 bits per heavy atom. The second-order valence-corrected chi connectivity index (χ2v) is 6.39. The van der Waals surface area contributed by atoms with E-state index in [2.05, 4.69) is 4.72 Å². The number of carboxylic acids is 1. The highest BCUT2D eigenvalue weighted by molar-refractivity contribution is 7.90. The molecule has 0 fully saturated rings. The Morgan fingerprint density at radius 3 is 2.56 bits per heavy atom. The maximum atomic E-state index is 11.6. The standard InChI is InChI=1S/C9H13NO4S2/c1-6(8-4-3-5-15-8)10-16(13,14)7(2)9(11)12/h3-7,10H,1-2H3,(H,11,12). The van der Waals surface area contributed by atoms with E-state index in [1.54, 1.807) is 13.0 Å². The van der Waals surface area contributed by atoms with Crippen molar-refractivity contribution in [1.29, 1.82) is 0 Å². The first-order valence-electron chi connectivity index (χ1n) is 4.62. The van der Waals surface area contributed by atoms with E-state index in [9.17, 15) is 13.2 Å². The third-order valence-corrected chi connectivity index (χ3v) is 4.99. The molecule has 0 spiro atoms. The van der Waals surface area contributed by atoms with Gasteiger partial charge in [0.15, 0.2) is 5.25 Å². The van der Waals surface area contributed by atoms with Gasteiger partial charge in [-0.1, -0.05) is 6.07 Å². The highest BCUT2D eigenvalue weighted by Crippen LogP contribution is 2.19. The van der Waals surface area contributed by atoms with Gasteiger partial charge in [0.1, 0.15) is 0 Å². The van der Waals surface area contributed by atoms with E-state index in [-0.39, 0.29) is 0 Å². The SMILES string of the molecule is CC(NS(=O)(=O)C(C)C(=O)O)c1cccs1. The summed E-state index contributed by atoms with van der Waals surface area (Å²) in [6.45, 7) is 2.82. The van der Waals surface area contributed by atoms with Gasteiger partial charge in [-0.3, -0.25) is 4.79 Å². The van der Waals surface area contributed by atoms with E-state index >= 15 is 0 Å². The number of hydrogen-bond donors (Lipinski definition) is 2. The van der Waals surface area contributed by atoms with Crippen LogP contribution in [0.15, 0.2) is 17.5 Å². The second kappa shape index (κ2) is 4.94. The molecule has 2 N–H and O–H groups in total. The average Bonchev–Trinajstić information content (AvgIpc) is 2.68. The predicted octanol–water partition coefficient (Wildman–Crippen LogP) is 1.20. The van der Waals surface area contributed by atoms with Crippen LogP contribution in [0.5, 0.6) is 0 Å². The molecule has 0 saturated heterocycles. The Hall–Kier alpha value is -0.920. The molecule has 0 radical (unpaired) electrons. The zero-order valence-electron chi connectivity index (χ0n) is 8.88. The quantitative estimate of drug-likeness (QED) is 0.836. The smallest absolute Gasteiger partial charge is 0.323 e. The number of carboxylic acid groups (broad SMARTS) is 1. The molecule has 1 aromatic rings. The van der Waals surface area contributed by atoms with E-state index in [0.717, 1.165) is 11.8 Å². The molecule has 0 aliphatic heterocycles. The Balaban J connectivity index is 2.78. The number of thiophene rings is 1. The van der Waals surface area contributed by atoms with Gasteiger partial charge in [-0.15, -0.1) is 11.3 Å². The van der Waals surface area contributed by atoms with Crippen molar-refractivity contribution in [1.82, 2.24) is 4.72 Å². The van der Waals surface area contributed by atoms with Gasteiger partial charge in [-0.25, -0.2) is 13.1 Å². The molecule has 5 nitrogen and oxygen atoms in total. The maximum absolute atomic E-state index is 11.6. The summed E-state index contributed by atoms with van der Waals surface area (Å²) in [5.74, 6) is -1.36. The average molecular weight is 263 g/mol. The molecule has 0 aromatic carbocycles. The molecule has 1 aromatic heterocycles. The van der Waals surface area contributed by atoms with E-state index in [4.69, 9.17) is 5.11 Å². The first-order chi connectivity index (χ1) is 7.34. The van der Waals surface area contributed by atoms with Crippen LogP contribution in [-0.2, 0) is 14.8 Å². The number of aliphatic carboxylic acids is 1. The summed E-state index contributed by atoms with van der Waals surface area (Å²) in [7, 11) is -3.83. The lowest BCUT2D eigenvalue weighted by molar-refractivity contribution is -0.136. The van der Waals surface area contributed by atoms with Crippen LogP contribution >= 0.6 is 11.3 Å². The molecule has 2 atom stereocenters. The van der Waals surface area contributed by atoms with Crippen LogP contribution < -0.4 is 4.72 Å². The molecule has 1 heterocycles. The van der Waals surface area contributed by atoms with Gasteiger partial charge >= 0.3 is 5.97 Å². The highest BCUT2D eigenvalue weighted by atomic mass is 32.2. The van der Waals surface area contributed by atoms with E-state index in [1.807, 2.05) is 11.4 Å². The molecule has 0 amide bonds. The lowest BCUT2D eigenvalue weighted by Gasteiger charge is -2.14. The summed E-state index contributed by atoms with van der Waals surface area (Å²) < 4.78 is 25.5. The molecule has 16 heavy (non-hydrogen) atoms. The molecular weight excluding hydrogens is 250 g/mol. The van der Waals surface area contributed by atoms with Gasteiger partial charge in [0.2, 0.25) is 10.0 Å². The summed E-state index contributed by atoms with van der Waals surface area (Å²) in [6, 6.07) is 3.20. The monoisotopic (exact) mass is 263 g/mol. The molecule has 0 saturated carbocycles. The predicted molar refractivity (Wildman–Crippen MR) is 61.9 cm³/mol. The number of sulfonamides is 1. The van der Waals surface area contributed by atoms with Gasteiger partial charge in [0, 0.05) is 4.88 Å². The fourth-order valence-electron chi connectivity index (χ4n) is 1.08. The van der Waals surface area contributed by atoms with Gasteiger partial charge in [-0.2, -0.15) is 0 Å². The van der Waals surface area contributed by atoms with Crippen LogP contribution in [0.3, 0.4) is 0 Å². The van der Waals surface area contributed by atoms with Crippen LogP contribution in [0.4, 0.5) is 0 Å². The minimum Gasteiger partial charge on any atom is -0.480 e. The zero-order valence-corrected chi connectivity index (χ0v) is 10.5. The topological polar surface area (TPSA) is 83.5 Å². The van der Waals surface area contributed by atoms with Gasteiger partial charge < -0.3 is 5.11 Å². The van der Waals surface area contributed by atoms with Crippen LogP contribution in [0.1, 0.15) is 24.8 Å². The van der Waals surface area contributed by atoms with Crippen molar-refractivity contribution in [2.24, 2.45) is 0 Å². The van der Waals surface area contributed by atoms with Crippen LogP contribution in [0, 0.1) is 0 Å². The number of rotatable bonds is 5. The molecule has 90 valence electrons. The number of nitrogens with one attached hydrogen (secondary N) is 1. The van der Waals surface area contributed by atoms with Crippen molar-refractivity contribution in [3.63, 3.8) is 0 Å². The highest BCUT2D eigenvalue weighted by Gasteiger charge is 2.29. The number of hydrogen-bond acceptors (Lipinski definition) is 4. The summed E-state index contributed by atoms with van der Waals surface area (Å²) in [5.41, 5.74) is 0. The van der Waals surface area contributed by atoms with Gasteiger partial charge in [0.25, 0.3) is 0 Å². The van der Waals surface area contributed by atoms with E-state index in [0.29, 0.717) is 0 Å². The van der Waals surface area contributed by atoms with E-state index < -0.39 is 27.3 Å². The Bertz CT molecular complexity index is 452. The molecule has 7 heteroatoms. The Kier molecular flexibility index (Phi) is 4.06. The number of carbonyl (C=O) groups is 1. The summed E-state index contributed by atoms with van der Waals surface area (Å²) in [4.78, 5) is 11.4. The van der Waals surface area contributed by atoms with Gasteiger partial charge in [-0.05, 0) is 25.3 Å². The first kappa shape index (κ1) is 13.1. The van der Waals surface area contributed by atoms with Crippen molar-refractivity contribution >= 4 is 27.3 Å². The minimum atomic E-state index is -3.83. The van der Waals surface area contributed by atoms with Gasteiger partial charge in [0.05, 0.1) is 6.04 Å². The molecule has 1 rings (SSSR count). The summed E-state index contributed by atoms with van der Waals surface area (Å²) >= 11 is 1.42. The molecule has 0 aliphatic carbocycles. The Labute approximate surface area is 98.2 Å². The van der Waals surface area contributed by atoms with Crippen LogP contribution in [-0.4, -0.2) is 24.7 Å². The van der Waals surface area contributed by atoms with E-state index in [1.165, 1.54) is 11.3 Å². The van der Waals surface area contributed by atoms with Crippen LogP contribution in [0.25, 0.3) is 0 Å². The first-order valence-corrected chi connectivity index (χ1v) is 7.04. The van der Waals surface area contributed by atoms with Crippen LogP contribution in [0.2, 0.25) is 0 Å². The minimum absolute atomic E-state index is 0.410. The fraction of sp³-hybridized carbons (Fsp3) is 0.444. The van der Waals surface area contributed by atoms with Crippen molar-refractivity contribution in [3.8, 4) is 0 Å². The summed E-state index contributed by atoms with van der Waals surface area (Å²) in [5, 5.41) is 9.03. The third kappa shape index (κ3) is 3.03. The molecule has 2 unspecified atom stereocenters. The second-order valence-electron chi connectivity index (χ2n) is 3.38. The van der Waals surface area contributed by atoms with Crippen molar-refractivity contribution in [2.75, 3.05) is 0 Å². The zero-order chi connectivity index (χ0) is 12.3. The molecule has 0 bridgehead atoms. The normalized spacial score (nSPS) is 15.6. The maximum Gasteiger partial charge on any atom is 0.323 e. The fourth-order valence-corrected chi connectivity index (χ4v) is 2.98. The molecule has 0 aliphatic rings. The van der Waals surface area contributed by atoms with Crippen molar-refractivity contribution < 1.29 is 18.3 Å².